The van der Waals surface area contributed by atoms with Crippen LogP contribution >= 0.6 is 0 Å². The summed E-state index contributed by atoms with van der Waals surface area (Å²) in [7, 11) is 0. The fraction of sp³-hybridized carbons (Fsp3) is 0.692. The monoisotopic (exact) mass is 466 g/mol. The lowest BCUT2D eigenvalue weighted by atomic mass is 9.87. The Hall–Kier alpha value is -2.66. The highest BCUT2D eigenvalue weighted by Crippen LogP contribution is 2.46. The Labute approximate surface area is 200 Å². The Morgan fingerprint density at radius 2 is 1.94 bits per heavy atom. The molecule has 8 heteroatoms. The van der Waals surface area contributed by atoms with Crippen molar-refractivity contribution in [3.05, 3.63) is 22.4 Å². The molecule has 0 aromatic carbocycles. The molecule has 182 valence electrons. The molecule has 4 aliphatic rings. The van der Waals surface area contributed by atoms with Crippen LogP contribution in [0.4, 0.5) is 5.82 Å². The van der Waals surface area contributed by atoms with Gasteiger partial charge >= 0.3 is 5.97 Å². The zero-order valence-corrected chi connectivity index (χ0v) is 20.5. The minimum Gasteiger partial charge on any atom is -0.481 e. The molecular weight excluding hydrogens is 432 g/mol. The third-order valence-corrected chi connectivity index (χ3v) is 7.91. The van der Waals surface area contributed by atoms with Crippen molar-refractivity contribution < 1.29 is 19.4 Å². The van der Waals surface area contributed by atoms with Gasteiger partial charge in [-0.2, -0.15) is 5.26 Å². The molecule has 1 N–H and O–H groups in total. The van der Waals surface area contributed by atoms with Gasteiger partial charge in [0.05, 0.1) is 41.3 Å². The van der Waals surface area contributed by atoms with Crippen molar-refractivity contribution in [3.63, 3.8) is 0 Å². The molecule has 1 aromatic heterocycles. The summed E-state index contributed by atoms with van der Waals surface area (Å²) in [6.07, 6.45) is 3.37. The fourth-order valence-electron chi connectivity index (χ4n) is 5.62. The largest absolute Gasteiger partial charge is 0.481 e. The Balaban J connectivity index is 1.46. The molecule has 1 aromatic rings. The van der Waals surface area contributed by atoms with Gasteiger partial charge in [0.25, 0.3) is 0 Å². The van der Waals surface area contributed by atoms with Gasteiger partial charge in [0.2, 0.25) is 5.91 Å². The zero-order valence-electron chi connectivity index (χ0n) is 20.5. The van der Waals surface area contributed by atoms with Gasteiger partial charge < -0.3 is 19.6 Å². The molecule has 2 aliphatic heterocycles. The predicted octanol–water partition coefficient (Wildman–Crippen LogP) is 3.08. The molecule has 34 heavy (non-hydrogen) atoms. The van der Waals surface area contributed by atoms with E-state index >= 15 is 0 Å². The van der Waals surface area contributed by atoms with Gasteiger partial charge in [0, 0.05) is 37.5 Å². The highest BCUT2D eigenvalue weighted by molar-refractivity contribution is 5.90. The van der Waals surface area contributed by atoms with Crippen LogP contribution in [0.3, 0.4) is 0 Å². The van der Waals surface area contributed by atoms with Gasteiger partial charge in [-0.05, 0) is 44.6 Å². The van der Waals surface area contributed by atoms with Gasteiger partial charge in [-0.1, -0.05) is 13.8 Å². The number of piperazine rings is 1. The highest BCUT2D eigenvalue weighted by atomic mass is 16.5. The minimum absolute atomic E-state index is 0.0396. The molecule has 0 bridgehead atoms. The second-order valence-electron chi connectivity index (χ2n) is 11.3. The quantitative estimate of drug-likeness (QED) is 0.711. The predicted molar refractivity (Wildman–Crippen MR) is 125 cm³/mol. The third-order valence-electron chi connectivity index (χ3n) is 7.91. The lowest BCUT2D eigenvalue weighted by Crippen LogP contribution is -2.58. The second kappa shape index (κ2) is 8.23. The van der Waals surface area contributed by atoms with Crippen molar-refractivity contribution in [1.82, 2.24) is 9.88 Å². The first-order chi connectivity index (χ1) is 16.1. The lowest BCUT2D eigenvalue weighted by molar-refractivity contribution is -0.143. The number of aliphatic carboxylic acids is 1. The first-order valence-electron chi connectivity index (χ1n) is 12.5. The van der Waals surface area contributed by atoms with E-state index in [1.165, 1.54) is 0 Å². The van der Waals surface area contributed by atoms with Crippen molar-refractivity contribution >= 4 is 17.7 Å². The van der Waals surface area contributed by atoms with Crippen LogP contribution in [0, 0.1) is 29.1 Å². The number of fused-ring (bicyclic) bond motifs is 1. The number of hydrogen-bond acceptors (Lipinski definition) is 6. The number of amides is 1. The summed E-state index contributed by atoms with van der Waals surface area (Å²) in [5, 5.41) is 19.5. The molecule has 1 saturated heterocycles. The summed E-state index contributed by atoms with van der Waals surface area (Å²) >= 11 is 0. The fourth-order valence-corrected chi connectivity index (χ4v) is 5.62. The van der Waals surface area contributed by atoms with Crippen LogP contribution in [-0.4, -0.2) is 58.1 Å². The standard InChI is InChI=1S/C26H34N4O4/c1-14(2)21-12-29(7-8-30(21)24(31)16-9-17(16)25(32)33)23-19(11-27)18-10-26(3,4)34-13-20(18)22(28-23)15-5-6-15/h14-17,21H,5-10,12-13H2,1-4H3,(H,32,33)/t16?,17?,21-/m0/s1. The van der Waals surface area contributed by atoms with Crippen LogP contribution in [-0.2, 0) is 27.4 Å². The minimum atomic E-state index is -0.880. The van der Waals surface area contributed by atoms with E-state index in [1.807, 2.05) is 4.90 Å². The lowest BCUT2D eigenvalue weighted by Gasteiger charge is -2.45. The smallest absolute Gasteiger partial charge is 0.307 e. The Morgan fingerprint density at radius 1 is 1.21 bits per heavy atom. The number of carboxylic acids is 1. The average Bonchev–Trinajstić information content (AvgIpc) is 3.69. The number of anilines is 1. The summed E-state index contributed by atoms with van der Waals surface area (Å²) in [5.41, 5.74) is 3.58. The molecule has 0 spiro atoms. The number of carbonyl (C=O) groups excluding carboxylic acids is 1. The second-order valence-corrected chi connectivity index (χ2v) is 11.3. The molecule has 1 amide bonds. The van der Waals surface area contributed by atoms with Gasteiger partial charge in [-0.15, -0.1) is 0 Å². The molecule has 5 rings (SSSR count). The van der Waals surface area contributed by atoms with Crippen LogP contribution in [0.1, 0.15) is 75.3 Å². The first kappa shape index (κ1) is 23.1. The number of aromatic nitrogens is 1. The van der Waals surface area contributed by atoms with Crippen molar-refractivity contribution in [2.75, 3.05) is 24.5 Å². The zero-order chi connectivity index (χ0) is 24.4. The Kier molecular flexibility index (Phi) is 5.59. The molecule has 2 aliphatic carbocycles. The number of carboxylic acid groups (broad SMARTS) is 1. The Bertz CT molecular complexity index is 1070. The summed E-state index contributed by atoms with van der Waals surface area (Å²) in [6, 6.07) is 2.41. The first-order valence-corrected chi connectivity index (χ1v) is 12.5. The molecule has 3 heterocycles. The Morgan fingerprint density at radius 3 is 2.53 bits per heavy atom. The van der Waals surface area contributed by atoms with E-state index in [9.17, 15) is 20.0 Å². The topological polar surface area (TPSA) is 107 Å². The molecule has 8 nitrogen and oxygen atoms in total. The van der Waals surface area contributed by atoms with Crippen LogP contribution in [0.15, 0.2) is 0 Å². The molecule has 2 unspecified atom stereocenters. The normalized spacial score (nSPS) is 27.8. The van der Waals surface area contributed by atoms with Crippen molar-refractivity contribution in [3.8, 4) is 6.07 Å². The summed E-state index contributed by atoms with van der Waals surface area (Å²) in [4.78, 5) is 33.6. The van der Waals surface area contributed by atoms with Crippen molar-refractivity contribution in [2.24, 2.45) is 17.8 Å². The molecule has 2 saturated carbocycles. The molecular formula is C26H34N4O4. The summed E-state index contributed by atoms with van der Waals surface area (Å²) in [5.74, 6) is -0.475. The number of rotatable bonds is 5. The van der Waals surface area contributed by atoms with E-state index < -0.39 is 17.8 Å². The maximum Gasteiger partial charge on any atom is 0.307 e. The number of hydrogen-bond donors (Lipinski definition) is 1. The number of ether oxygens (including phenoxy) is 1. The maximum atomic E-state index is 13.1. The maximum absolute atomic E-state index is 13.1. The highest BCUT2D eigenvalue weighted by Gasteiger charge is 2.51. The van der Waals surface area contributed by atoms with Crippen LogP contribution in [0.2, 0.25) is 0 Å². The van der Waals surface area contributed by atoms with Crippen molar-refractivity contribution in [2.45, 2.75) is 77.5 Å². The van der Waals surface area contributed by atoms with E-state index in [0.29, 0.717) is 50.6 Å². The van der Waals surface area contributed by atoms with Crippen molar-refractivity contribution in [1.29, 1.82) is 5.26 Å². The van der Waals surface area contributed by atoms with E-state index in [1.54, 1.807) is 0 Å². The summed E-state index contributed by atoms with van der Waals surface area (Å²) in [6.45, 7) is 10.5. The number of pyridine rings is 1. The number of nitrogens with zero attached hydrogens (tertiary/aromatic N) is 4. The third kappa shape index (κ3) is 4.04. The molecule has 3 fully saturated rings. The number of carbonyl (C=O) groups is 2. The van der Waals surface area contributed by atoms with E-state index in [0.717, 1.165) is 35.5 Å². The van der Waals surface area contributed by atoms with E-state index in [2.05, 4.69) is 38.7 Å². The van der Waals surface area contributed by atoms with Crippen LogP contribution in [0.25, 0.3) is 0 Å². The van der Waals surface area contributed by atoms with E-state index in [4.69, 9.17) is 9.72 Å². The van der Waals surface area contributed by atoms with Gasteiger partial charge in [-0.3, -0.25) is 9.59 Å². The van der Waals surface area contributed by atoms with Crippen LogP contribution in [0.5, 0.6) is 0 Å². The molecule has 0 radical (unpaired) electrons. The van der Waals surface area contributed by atoms with Gasteiger partial charge in [0.1, 0.15) is 11.9 Å². The van der Waals surface area contributed by atoms with E-state index in [-0.39, 0.29) is 23.5 Å². The van der Waals surface area contributed by atoms with Gasteiger partial charge in [-0.25, -0.2) is 4.98 Å². The SMILES string of the molecule is CC(C)[C@@H]1CN(c2nc(C3CC3)c3c(c2C#N)CC(C)(C)OC3)CCN1C(=O)C1CC1C(=O)O. The summed E-state index contributed by atoms with van der Waals surface area (Å²) < 4.78 is 6.09. The van der Waals surface area contributed by atoms with Gasteiger partial charge in [0.15, 0.2) is 0 Å². The van der Waals surface area contributed by atoms with Crippen LogP contribution < -0.4 is 4.90 Å². The number of nitriles is 1. The average molecular weight is 467 g/mol. The molecule has 3 atom stereocenters.